The van der Waals surface area contributed by atoms with E-state index in [9.17, 15) is 13.9 Å². The van der Waals surface area contributed by atoms with Crippen LogP contribution in [0.4, 0.5) is 8.78 Å². The van der Waals surface area contributed by atoms with Gasteiger partial charge in [-0.3, -0.25) is 0 Å². The molecule has 0 amide bonds. The highest BCUT2D eigenvalue weighted by molar-refractivity contribution is 5.56. The van der Waals surface area contributed by atoms with Crippen LogP contribution in [-0.2, 0) is 6.54 Å². The Bertz CT molecular complexity index is 1150. The molecule has 2 aliphatic rings. The molecule has 0 saturated carbocycles. The summed E-state index contributed by atoms with van der Waals surface area (Å²) in [4.78, 5) is 4.33. The minimum Gasteiger partial charge on any atom is -0.505 e. The number of aromatic hydroxyl groups is 1. The van der Waals surface area contributed by atoms with E-state index in [1.165, 1.54) is 12.8 Å². The number of likely N-dealkylation sites (tertiary alicyclic amines) is 1. The highest BCUT2D eigenvalue weighted by atomic mass is 19.1. The number of hydrogen-bond acceptors (Lipinski definition) is 4. The van der Waals surface area contributed by atoms with Crippen LogP contribution >= 0.6 is 0 Å². The van der Waals surface area contributed by atoms with Crippen LogP contribution < -0.4 is 5.32 Å². The van der Waals surface area contributed by atoms with Crippen molar-refractivity contribution in [2.24, 2.45) is 0 Å². The number of halogens is 2. The van der Waals surface area contributed by atoms with Crippen molar-refractivity contribution >= 4 is 0 Å². The molecule has 0 unspecified atom stereocenters. The Morgan fingerprint density at radius 1 is 1.03 bits per heavy atom. The molecule has 0 aliphatic carbocycles. The van der Waals surface area contributed by atoms with Crippen molar-refractivity contribution < 1.29 is 13.9 Å². The number of nitrogens with zero attached hydrogens (tertiary/aromatic N) is 2. The van der Waals surface area contributed by atoms with Gasteiger partial charge in [-0.1, -0.05) is 30.4 Å². The molecule has 2 saturated heterocycles. The Morgan fingerprint density at radius 3 is 2.31 bits per heavy atom. The summed E-state index contributed by atoms with van der Waals surface area (Å²) in [6.07, 6.45) is 10.7. The van der Waals surface area contributed by atoms with E-state index in [0.29, 0.717) is 13.1 Å². The SMILES string of the molecule is C=C(\C=C/C(=C\C)C(=C/C)/C(C)=C1\C(=C(C)C)NCCN1Cc1c(F)ccc(F)c1O)N1CCCC1. The predicted molar refractivity (Wildman–Crippen MR) is 144 cm³/mol. The van der Waals surface area contributed by atoms with Gasteiger partial charge in [0.2, 0.25) is 0 Å². The summed E-state index contributed by atoms with van der Waals surface area (Å²) < 4.78 is 28.7. The van der Waals surface area contributed by atoms with Crippen LogP contribution in [0, 0.1) is 11.6 Å². The third kappa shape index (κ3) is 5.92. The van der Waals surface area contributed by atoms with Crippen molar-refractivity contribution in [1.82, 2.24) is 15.1 Å². The summed E-state index contributed by atoms with van der Waals surface area (Å²) in [5, 5.41) is 13.8. The lowest BCUT2D eigenvalue weighted by Crippen LogP contribution is -2.41. The number of phenolic OH excluding ortho intramolecular Hbond substituents is 1. The van der Waals surface area contributed by atoms with Crippen LogP contribution in [0.5, 0.6) is 5.75 Å². The average molecular weight is 496 g/mol. The van der Waals surface area contributed by atoms with Gasteiger partial charge in [0.15, 0.2) is 11.6 Å². The van der Waals surface area contributed by atoms with E-state index >= 15 is 0 Å². The van der Waals surface area contributed by atoms with E-state index in [0.717, 1.165) is 64.6 Å². The summed E-state index contributed by atoms with van der Waals surface area (Å²) >= 11 is 0. The van der Waals surface area contributed by atoms with Crippen LogP contribution in [0.2, 0.25) is 0 Å². The molecule has 0 atom stereocenters. The minimum atomic E-state index is -0.820. The number of hydrogen-bond donors (Lipinski definition) is 2. The maximum Gasteiger partial charge on any atom is 0.165 e. The van der Waals surface area contributed by atoms with Gasteiger partial charge >= 0.3 is 0 Å². The van der Waals surface area contributed by atoms with Crippen molar-refractivity contribution in [3.8, 4) is 5.75 Å². The fourth-order valence-electron chi connectivity index (χ4n) is 4.95. The number of benzene rings is 1. The molecule has 2 N–H and O–H groups in total. The molecule has 4 nitrogen and oxygen atoms in total. The fraction of sp³-hybridized carbons (Fsp3) is 0.400. The first-order valence-electron chi connectivity index (χ1n) is 12.7. The summed E-state index contributed by atoms with van der Waals surface area (Å²) in [7, 11) is 0. The van der Waals surface area contributed by atoms with Crippen LogP contribution in [0.1, 0.15) is 53.0 Å². The van der Waals surface area contributed by atoms with Gasteiger partial charge in [0.25, 0.3) is 0 Å². The average Bonchev–Trinajstić information content (AvgIpc) is 3.41. The molecule has 0 radical (unpaired) electrons. The topological polar surface area (TPSA) is 38.7 Å². The predicted octanol–water partition coefficient (Wildman–Crippen LogP) is 6.70. The van der Waals surface area contributed by atoms with Gasteiger partial charge in [0.05, 0.1) is 17.0 Å². The molecule has 2 fully saturated rings. The Labute approximate surface area is 214 Å². The Morgan fingerprint density at radius 2 is 1.69 bits per heavy atom. The van der Waals surface area contributed by atoms with Crippen molar-refractivity contribution in [2.75, 3.05) is 26.2 Å². The normalized spacial score (nSPS) is 18.7. The first-order valence-corrected chi connectivity index (χ1v) is 12.7. The van der Waals surface area contributed by atoms with Crippen LogP contribution in [-0.4, -0.2) is 41.1 Å². The summed E-state index contributed by atoms with van der Waals surface area (Å²) in [5.41, 5.74) is 7.07. The molecule has 194 valence electrons. The quantitative estimate of drug-likeness (QED) is 0.413. The van der Waals surface area contributed by atoms with E-state index in [1.54, 1.807) is 0 Å². The Kier molecular flexibility index (Phi) is 9.19. The zero-order valence-electron chi connectivity index (χ0n) is 22.2. The summed E-state index contributed by atoms with van der Waals surface area (Å²) in [6.45, 7) is 17.8. The second-order valence-electron chi connectivity index (χ2n) is 9.52. The van der Waals surface area contributed by atoms with E-state index in [-0.39, 0.29) is 12.1 Å². The number of phenols is 1. The third-order valence-electron chi connectivity index (χ3n) is 6.90. The van der Waals surface area contributed by atoms with E-state index in [4.69, 9.17) is 0 Å². The van der Waals surface area contributed by atoms with Gasteiger partial charge in [0, 0.05) is 38.4 Å². The third-order valence-corrected chi connectivity index (χ3v) is 6.90. The van der Waals surface area contributed by atoms with Gasteiger partial charge < -0.3 is 20.2 Å². The van der Waals surface area contributed by atoms with Gasteiger partial charge in [-0.15, -0.1) is 0 Å². The molecule has 36 heavy (non-hydrogen) atoms. The van der Waals surface area contributed by atoms with E-state index in [2.05, 4.69) is 48.0 Å². The van der Waals surface area contributed by atoms with Crippen LogP contribution in [0.15, 0.2) is 82.4 Å². The van der Waals surface area contributed by atoms with Gasteiger partial charge in [-0.25, -0.2) is 8.78 Å². The maximum absolute atomic E-state index is 14.6. The highest BCUT2D eigenvalue weighted by Crippen LogP contribution is 2.34. The Hall–Kier alpha value is -3.28. The zero-order valence-corrected chi connectivity index (χ0v) is 22.2. The van der Waals surface area contributed by atoms with Crippen molar-refractivity contribution in [3.63, 3.8) is 0 Å². The molecule has 0 bridgehead atoms. The maximum atomic E-state index is 14.6. The second-order valence-corrected chi connectivity index (χ2v) is 9.52. The largest absolute Gasteiger partial charge is 0.505 e. The van der Waals surface area contributed by atoms with E-state index < -0.39 is 17.4 Å². The Balaban J connectivity index is 2.03. The van der Waals surface area contributed by atoms with Gasteiger partial charge in [-0.05, 0) is 82.4 Å². The number of nitrogens with one attached hydrogen (secondary N) is 1. The summed E-state index contributed by atoms with van der Waals surface area (Å²) in [5.74, 6) is -2.07. The highest BCUT2D eigenvalue weighted by Gasteiger charge is 2.26. The first kappa shape index (κ1) is 27.3. The van der Waals surface area contributed by atoms with Gasteiger partial charge in [-0.2, -0.15) is 0 Å². The second kappa shape index (κ2) is 12.1. The lowest BCUT2D eigenvalue weighted by atomic mass is 9.93. The molecule has 3 rings (SSSR count). The van der Waals surface area contributed by atoms with Gasteiger partial charge in [0.1, 0.15) is 5.82 Å². The smallest absolute Gasteiger partial charge is 0.165 e. The lowest BCUT2D eigenvalue weighted by Gasteiger charge is -2.37. The fourth-order valence-corrected chi connectivity index (χ4v) is 4.95. The number of rotatable bonds is 7. The lowest BCUT2D eigenvalue weighted by molar-refractivity contribution is 0.298. The monoisotopic (exact) mass is 495 g/mol. The van der Waals surface area contributed by atoms with Crippen LogP contribution in [0.3, 0.4) is 0 Å². The number of piperazine rings is 1. The molecule has 1 aromatic rings. The zero-order chi connectivity index (χ0) is 26.4. The van der Waals surface area contributed by atoms with Crippen molar-refractivity contribution in [3.05, 3.63) is 99.6 Å². The molecule has 0 aromatic heterocycles. The van der Waals surface area contributed by atoms with Crippen LogP contribution in [0.25, 0.3) is 0 Å². The molecule has 6 heteroatoms. The summed E-state index contributed by atoms with van der Waals surface area (Å²) in [6, 6.07) is 2.02. The molecule has 1 aromatic carbocycles. The first-order chi connectivity index (χ1) is 17.2. The molecule has 2 heterocycles. The standard InChI is InChI=1S/C30H39F2N3O/c1-7-23(12-11-21(5)34-16-9-10-17-34)24(8-2)22(6)29-28(20(3)4)33-15-18-35(29)19-25-26(31)13-14-27(32)30(25)36/h7-8,11-14,33,36H,5,9-10,15-19H2,1-4,6H3/b12-11-,23-7+,24-8+,29-22+. The molecule has 2 aliphatic heterocycles. The van der Waals surface area contributed by atoms with Crippen molar-refractivity contribution in [2.45, 2.75) is 54.0 Å². The minimum absolute atomic E-state index is 0.0367. The number of allylic oxidation sites excluding steroid dienone is 8. The molecule has 0 spiro atoms. The van der Waals surface area contributed by atoms with Crippen molar-refractivity contribution in [1.29, 1.82) is 0 Å². The molecular formula is C30H39F2N3O. The van der Waals surface area contributed by atoms with E-state index in [1.807, 2.05) is 32.6 Å². The molecular weight excluding hydrogens is 456 g/mol.